The number of allylic oxidation sites excluding steroid dienone is 2. The number of ether oxygens (including phenoxy) is 3. The molecular weight excluding hydrogens is 631 g/mol. The highest BCUT2D eigenvalue weighted by Gasteiger charge is 2.33. The van der Waals surface area contributed by atoms with Crippen LogP contribution in [0.1, 0.15) is 47.7 Å². The van der Waals surface area contributed by atoms with Crippen molar-refractivity contribution in [2.45, 2.75) is 39.8 Å². The molecular formula is C35H32Cl2N2O5S. The van der Waals surface area contributed by atoms with Gasteiger partial charge in [-0.3, -0.25) is 9.36 Å². The summed E-state index contributed by atoms with van der Waals surface area (Å²) in [6.45, 7) is 9.83. The number of carbonyl (C=O) groups is 1. The van der Waals surface area contributed by atoms with Crippen LogP contribution in [0.5, 0.6) is 11.5 Å². The molecule has 0 amide bonds. The van der Waals surface area contributed by atoms with Crippen LogP contribution in [0, 0.1) is 6.92 Å². The fourth-order valence-electron chi connectivity index (χ4n) is 5.19. The molecule has 5 rings (SSSR count). The smallest absolute Gasteiger partial charge is 0.338 e. The highest BCUT2D eigenvalue weighted by Crippen LogP contribution is 2.35. The maximum atomic E-state index is 14.1. The third-order valence-corrected chi connectivity index (χ3v) is 8.90. The topological polar surface area (TPSA) is 79.1 Å². The largest absolute Gasteiger partial charge is 0.493 e. The standard InChI is InChI=1S/C35H32Cl2N2O5S/c1-6-8-24-15-22(16-28(42-5)32(24)44-19-25-13-14-26(36)18-27(25)37)17-29-33(40)39-31(23-11-9-20(3)10-12-23)30(34(41)43-7-2)21(4)38-35(39)45-29/h6,9-18,31H,1,7-8,19H2,2-5H3/b29-17+/t31-/m1/s1. The zero-order valence-corrected chi connectivity index (χ0v) is 27.7. The van der Waals surface area contributed by atoms with Crippen molar-refractivity contribution < 1.29 is 19.0 Å². The van der Waals surface area contributed by atoms with Gasteiger partial charge in [0.05, 0.1) is 35.6 Å². The molecule has 0 saturated carbocycles. The van der Waals surface area contributed by atoms with E-state index >= 15 is 0 Å². The molecule has 0 N–H and O–H groups in total. The van der Waals surface area contributed by atoms with Crippen LogP contribution in [-0.2, 0) is 22.6 Å². The van der Waals surface area contributed by atoms with Crippen molar-refractivity contribution in [1.29, 1.82) is 0 Å². The van der Waals surface area contributed by atoms with Gasteiger partial charge in [-0.25, -0.2) is 9.79 Å². The fraction of sp³-hybridized carbons (Fsp3) is 0.229. The first-order valence-electron chi connectivity index (χ1n) is 14.3. The number of rotatable bonds is 10. The second-order valence-corrected chi connectivity index (χ2v) is 12.3. The highest BCUT2D eigenvalue weighted by atomic mass is 35.5. The van der Waals surface area contributed by atoms with Crippen LogP contribution < -0.4 is 24.4 Å². The molecule has 7 nitrogen and oxygen atoms in total. The number of aryl methyl sites for hydroxylation is 1. The van der Waals surface area contributed by atoms with E-state index in [-0.39, 0.29) is 18.8 Å². The molecule has 45 heavy (non-hydrogen) atoms. The van der Waals surface area contributed by atoms with Crippen LogP contribution in [0.25, 0.3) is 6.08 Å². The summed E-state index contributed by atoms with van der Waals surface area (Å²) in [5, 5.41) is 1.05. The first-order chi connectivity index (χ1) is 21.6. The lowest BCUT2D eigenvalue weighted by atomic mass is 9.95. The number of halogens is 2. The summed E-state index contributed by atoms with van der Waals surface area (Å²) < 4.78 is 19.4. The monoisotopic (exact) mass is 662 g/mol. The summed E-state index contributed by atoms with van der Waals surface area (Å²) in [6.07, 6.45) is 4.07. The van der Waals surface area contributed by atoms with E-state index in [0.29, 0.717) is 48.6 Å². The van der Waals surface area contributed by atoms with Crippen molar-refractivity contribution in [3.05, 3.63) is 136 Å². The minimum absolute atomic E-state index is 0.204. The molecule has 4 aromatic rings. The Labute approximate surface area is 275 Å². The minimum atomic E-state index is -0.676. The zero-order chi connectivity index (χ0) is 32.2. The van der Waals surface area contributed by atoms with Crippen LogP contribution in [0.2, 0.25) is 10.0 Å². The lowest BCUT2D eigenvalue weighted by Gasteiger charge is -2.24. The Morgan fingerprint density at radius 3 is 2.51 bits per heavy atom. The van der Waals surface area contributed by atoms with E-state index in [9.17, 15) is 9.59 Å². The Hall–Kier alpha value is -4.11. The Morgan fingerprint density at radius 2 is 1.84 bits per heavy atom. The molecule has 0 unspecified atom stereocenters. The highest BCUT2D eigenvalue weighted by molar-refractivity contribution is 7.07. The molecule has 232 valence electrons. The molecule has 0 radical (unpaired) electrons. The Morgan fingerprint density at radius 1 is 1.09 bits per heavy atom. The average Bonchev–Trinajstić information content (AvgIpc) is 3.30. The second kappa shape index (κ2) is 13.9. The summed E-state index contributed by atoms with van der Waals surface area (Å²) in [5.74, 6) is 0.556. The molecule has 1 atom stereocenters. The quantitative estimate of drug-likeness (QED) is 0.139. The normalized spacial score (nSPS) is 14.5. The van der Waals surface area contributed by atoms with E-state index in [1.165, 1.54) is 11.3 Å². The van der Waals surface area contributed by atoms with Gasteiger partial charge in [-0.2, -0.15) is 0 Å². The van der Waals surface area contributed by atoms with Crippen molar-refractivity contribution in [1.82, 2.24) is 4.57 Å². The van der Waals surface area contributed by atoms with Gasteiger partial charge in [-0.15, -0.1) is 6.58 Å². The van der Waals surface area contributed by atoms with Gasteiger partial charge in [-0.05, 0) is 68.7 Å². The molecule has 1 aliphatic heterocycles. The van der Waals surface area contributed by atoms with Gasteiger partial charge >= 0.3 is 5.97 Å². The lowest BCUT2D eigenvalue weighted by molar-refractivity contribution is -0.139. The zero-order valence-electron chi connectivity index (χ0n) is 25.4. The van der Waals surface area contributed by atoms with Crippen molar-refractivity contribution >= 4 is 46.6 Å². The summed E-state index contributed by atoms with van der Waals surface area (Å²) in [6, 6.07) is 16.1. The van der Waals surface area contributed by atoms with Crippen molar-refractivity contribution in [2.24, 2.45) is 4.99 Å². The number of fused-ring (bicyclic) bond motifs is 1. The van der Waals surface area contributed by atoms with Crippen molar-refractivity contribution in [2.75, 3.05) is 13.7 Å². The molecule has 3 aromatic carbocycles. The summed E-state index contributed by atoms with van der Waals surface area (Å²) in [7, 11) is 1.56. The van der Waals surface area contributed by atoms with Gasteiger partial charge in [0.2, 0.25) is 0 Å². The van der Waals surface area contributed by atoms with Crippen molar-refractivity contribution in [3.63, 3.8) is 0 Å². The number of thiazole rings is 1. The summed E-state index contributed by atoms with van der Waals surface area (Å²) >= 11 is 13.7. The predicted molar refractivity (Wildman–Crippen MR) is 179 cm³/mol. The van der Waals surface area contributed by atoms with Gasteiger partial charge in [0.25, 0.3) is 5.56 Å². The SMILES string of the molecule is C=CCc1cc(/C=c2/sc3n(c2=O)[C@H](c2ccc(C)cc2)C(C(=O)OCC)=C(C)N=3)cc(OC)c1OCc1ccc(Cl)cc1Cl. The van der Waals surface area contributed by atoms with Gasteiger partial charge in [0, 0.05) is 21.2 Å². The van der Waals surface area contributed by atoms with Crippen LogP contribution in [0.4, 0.5) is 0 Å². The average molecular weight is 664 g/mol. The summed E-state index contributed by atoms with van der Waals surface area (Å²) in [5.41, 5.74) is 4.80. The lowest BCUT2D eigenvalue weighted by Crippen LogP contribution is -2.39. The third kappa shape index (κ3) is 6.78. The van der Waals surface area contributed by atoms with Gasteiger partial charge in [0.1, 0.15) is 6.61 Å². The van der Waals surface area contributed by atoms with Crippen LogP contribution in [0.15, 0.2) is 88.3 Å². The van der Waals surface area contributed by atoms with E-state index in [4.69, 9.17) is 37.4 Å². The molecule has 0 saturated heterocycles. The molecule has 0 fully saturated rings. The number of benzene rings is 3. The number of hydrogen-bond acceptors (Lipinski definition) is 7. The number of hydrogen-bond donors (Lipinski definition) is 0. The Kier molecular flexibility index (Phi) is 9.97. The first kappa shape index (κ1) is 32.3. The maximum absolute atomic E-state index is 14.1. The van der Waals surface area contributed by atoms with E-state index in [2.05, 4.69) is 11.6 Å². The third-order valence-electron chi connectivity index (χ3n) is 7.33. The fourth-order valence-corrected chi connectivity index (χ4v) is 6.69. The summed E-state index contributed by atoms with van der Waals surface area (Å²) in [4.78, 5) is 32.4. The number of nitrogens with zero attached hydrogens (tertiary/aromatic N) is 2. The molecule has 2 heterocycles. The Bertz CT molecular complexity index is 1990. The molecule has 0 aliphatic carbocycles. The second-order valence-electron chi connectivity index (χ2n) is 10.4. The minimum Gasteiger partial charge on any atom is -0.493 e. The number of carbonyl (C=O) groups excluding carboxylic acids is 1. The van der Waals surface area contributed by atoms with Crippen LogP contribution in [-0.4, -0.2) is 24.3 Å². The van der Waals surface area contributed by atoms with Gasteiger partial charge < -0.3 is 14.2 Å². The molecule has 10 heteroatoms. The predicted octanol–water partition coefficient (Wildman–Crippen LogP) is 6.73. The van der Waals surface area contributed by atoms with Gasteiger partial charge in [-0.1, -0.05) is 76.5 Å². The van der Waals surface area contributed by atoms with E-state index in [1.807, 2.05) is 49.4 Å². The van der Waals surface area contributed by atoms with E-state index in [1.54, 1.807) is 49.8 Å². The van der Waals surface area contributed by atoms with E-state index in [0.717, 1.165) is 27.8 Å². The van der Waals surface area contributed by atoms with Crippen molar-refractivity contribution in [3.8, 4) is 11.5 Å². The number of aromatic nitrogens is 1. The van der Waals surface area contributed by atoms with Crippen LogP contribution >= 0.6 is 34.5 Å². The first-order valence-corrected chi connectivity index (χ1v) is 15.9. The number of esters is 1. The van der Waals surface area contributed by atoms with Crippen LogP contribution in [0.3, 0.4) is 0 Å². The van der Waals surface area contributed by atoms with Gasteiger partial charge in [0.15, 0.2) is 16.3 Å². The Balaban J connectivity index is 1.60. The maximum Gasteiger partial charge on any atom is 0.338 e. The van der Waals surface area contributed by atoms with E-state index < -0.39 is 12.0 Å². The molecule has 0 bridgehead atoms. The molecule has 1 aliphatic rings. The molecule has 0 spiro atoms. The molecule has 1 aromatic heterocycles. The number of methoxy groups -OCH3 is 1.